The van der Waals surface area contributed by atoms with E-state index in [4.69, 9.17) is 5.73 Å². The van der Waals surface area contributed by atoms with Gasteiger partial charge in [-0.05, 0) is 6.42 Å². The number of nitrogens with two attached hydrogens (primary N) is 1. The van der Waals surface area contributed by atoms with Gasteiger partial charge in [0, 0.05) is 24.4 Å². The molecule has 1 aromatic rings. The zero-order valence-electron chi connectivity index (χ0n) is 7.03. The maximum atomic E-state index is 10.9. The molecule has 5 nitrogen and oxygen atoms in total. The molecular formula is C8H10N4O. The van der Waals surface area contributed by atoms with Crippen LogP contribution in [-0.4, -0.2) is 15.9 Å². The molecule has 2 rings (SSSR count). The van der Waals surface area contributed by atoms with Crippen LogP contribution in [0.15, 0.2) is 12.4 Å². The van der Waals surface area contributed by atoms with Gasteiger partial charge in [-0.15, -0.1) is 0 Å². The summed E-state index contributed by atoms with van der Waals surface area (Å²) < 4.78 is 0. The fourth-order valence-corrected chi connectivity index (χ4v) is 1.39. The molecule has 5 heteroatoms. The summed E-state index contributed by atoms with van der Waals surface area (Å²) in [5, 5.41) is 2.83. The van der Waals surface area contributed by atoms with Crippen molar-refractivity contribution in [2.24, 2.45) is 0 Å². The molecule has 0 radical (unpaired) electrons. The number of carbonyl (C=O) groups excluding carboxylic acids is 1. The first-order valence-electron chi connectivity index (χ1n) is 4.12. The van der Waals surface area contributed by atoms with Crippen LogP contribution in [0.3, 0.4) is 0 Å². The van der Waals surface area contributed by atoms with Crippen LogP contribution in [0.4, 0.5) is 5.95 Å². The second kappa shape index (κ2) is 3.01. The van der Waals surface area contributed by atoms with E-state index in [0.717, 1.165) is 12.0 Å². The number of carbonyl (C=O) groups is 1. The molecule has 3 N–H and O–H groups in total. The lowest BCUT2D eigenvalue weighted by Crippen LogP contribution is -2.18. The Morgan fingerprint density at radius 1 is 1.46 bits per heavy atom. The third kappa shape index (κ3) is 1.58. The van der Waals surface area contributed by atoms with E-state index in [-0.39, 0.29) is 17.9 Å². The normalized spacial score (nSPS) is 21.5. The Balaban J connectivity index is 2.17. The highest BCUT2D eigenvalue weighted by Crippen LogP contribution is 2.22. The topological polar surface area (TPSA) is 80.9 Å². The monoisotopic (exact) mass is 178 g/mol. The molecule has 1 fully saturated rings. The Kier molecular flexibility index (Phi) is 1.84. The van der Waals surface area contributed by atoms with Crippen molar-refractivity contribution in [3.8, 4) is 0 Å². The first-order chi connectivity index (χ1) is 6.25. The average molecular weight is 178 g/mol. The highest BCUT2D eigenvalue weighted by Gasteiger charge is 2.22. The summed E-state index contributed by atoms with van der Waals surface area (Å²) in [5.74, 6) is 0.342. The minimum atomic E-state index is 0.0631. The number of anilines is 1. The van der Waals surface area contributed by atoms with Crippen LogP contribution in [0.5, 0.6) is 0 Å². The van der Waals surface area contributed by atoms with Crippen molar-refractivity contribution in [3.63, 3.8) is 0 Å². The molecule has 0 spiro atoms. The Morgan fingerprint density at radius 2 is 2.15 bits per heavy atom. The van der Waals surface area contributed by atoms with Gasteiger partial charge in [0.2, 0.25) is 11.9 Å². The Labute approximate surface area is 75.4 Å². The molecule has 1 unspecified atom stereocenters. The third-order valence-corrected chi connectivity index (χ3v) is 2.09. The number of amides is 1. The molecule has 1 saturated heterocycles. The predicted octanol–water partition coefficient (Wildman–Crippen LogP) is 0.00990. The molecule has 1 atom stereocenters. The molecule has 1 aliphatic heterocycles. The van der Waals surface area contributed by atoms with Gasteiger partial charge in [-0.2, -0.15) is 0 Å². The second-order valence-electron chi connectivity index (χ2n) is 3.03. The van der Waals surface area contributed by atoms with Crippen LogP contribution in [0, 0.1) is 0 Å². The van der Waals surface area contributed by atoms with Crippen molar-refractivity contribution >= 4 is 11.9 Å². The van der Waals surface area contributed by atoms with Gasteiger partial charge in [-0.3, -0.25) is 4.79 Å². The number of nitrogens with one attached hydrogen (secondary N) is 1. The molecular weight excluding hydrogens is 168 g/mol. The van der Waals surface area contributed by atoms with E-state index in [0.29, 0.717) is 6.42 Å². The lowest BCUT2D eigenvalue weighted by Gasteiger charge is -2.08. The maximum absolute atomic E-state index is 10.9. The van der Waals surface area contributed by atoms with Crippen LogP contribution < -0.4 is 11.1 Å². The summed E-state index contributed by atoms with van der Waals surface area (Å²) in [6.07, 6.45) is 4.69. The summed E-state index contributed by atoms with van der Waals surface area (Å²) in [7, 11) is 0. The highest BCUT2D eigenvalue weighted by atomic mass is 16.1. The van der Waals surface area contributed by atoms with Crippen molar-refractivity contribution in [1.82, 2.24) is 15.3 Å². The van der Waals surface area contributed by atoms with Crippen LogP contribution in [0.25, 0.3) is 0 Å². The van der Waals surface area contributed by atoms with Gasteiger partial charge < -0.3 is 11.1 Å². The van der Waals surface area contributed by atoms with Crippen molar-refractivity contribution in [3.05, 3.63) is 18.0 Å². The fourth-order valence-electron chi connectivity index (χ4n) is 1.39. The molecule has 0 aliphatic carbocycles. The van der Waals surface area contributed by atoms with Crippen LogP contribution in [-0.2, 0) is 4.79 Å². The number of rotatable bonds is 1. The van der Waals surface area contributed by atoms with E-state index < -0.39 is 0 Å². The molecule has 1 aromatic heterocycles. The second-order valence-corrected chi connectivity index (χ2v) is 3.03. The molecule has 0 saturated carbocycles. The van der Waals surface area contributed by atoms with E-state index in [1.807, 2.05) is 0 Å². The Morgan fingerprint density at radius 3 is 2.69 bits per heavy atom. The van der Waals surface area contributed by atoms with Crippen LogP contribution in [0.1, 0.15) is 24.4 Å². The molecule has 1 aliphatic rings. The molecule has 0 bridgehead atoms. The summed E-state index contributed by atoms with van der Waals surface area (Å²) in [5.41, 5.74) is 6.26. The van der Waals surface area contributed by atoms with Crippen LogP contribution >= 0.6 is 0 Å². The fraction of sp³-hybridized carbons (Fsp3) is 0.375. The molecule has 68 valence electrons. The van der Waals surface area contributed by atoms with E-state index in [2.05, 4.69) is 15.3 Å². The summed E-state index contributed by atoms with van der Waals surface area (Å²) in [6.45, 7) is 0. The number of nitrogens with zero attached hydrogens (tertiary/aromatic N) is 2. The minimum absolute atomic E-state index is 0.0631. The molecule has 13 heavy (non-hydrogen) atoms. The lowest BCUT2D eigenvalue weighted by molar-refractivity contribution is -0.119. The summed E-state index contributed by atoms with van der Waals surface area (Å²) in [4.78, 5) is 18.6. The van der Waals surface area contributed by atoms with Crippen molar-refractivity contribution in [2.45, 2.75) is 18.9 Å². The minimum Gasteiger partial charge on any atom is -0.368 e. The van der Waals surface area contributed by atoms with Crippen molar-refractivity contribution in [2.75, 3.05) is 5.73 Å². The van der Waals surface area contributed by atoms with Gasteiger partial charge in [0.25, 0.3) is 0 Å². The Hall–Kier alpha value is -1.65. The van der Waals surface area contributed by atoms with Gasteiger partial charge >= 0.3 is 0 Å². The van der Waals surface area contributed by atoms with Crippen LogP contribution in [0.2, 0.25) is 0 Å². The summed E-state index contributed by atoms with van der Waals surface area (Å²) in [6, 6.07) is 0.0631. The lowest BCUT2D eigenvalue weighted by atomic mass is 10.1. The highest BCUT2D eigenvalue weighted by molar-refractivity contribution is 5.78. The van der Waals surface area contributed by atoms with E-state index in [1.54, 1.807) is 12.4 Å². The molecule has 1 amide bonds. The first kappa shape index (κ1) is 7.97. The zero-order valence-corrected chi connectivity index (χ0v) is 7.03. The molecule has 0 aromatic carbocycles. The standard InChI is InChI=1S/C8H10N4O/c9-8-10-3-5(4-11-8)6-1-2-7(13)12-6/h3-4,6H,1-2H2,(H,12,13)(H2,9,10,11). The summed E-state index contributed by atoms with van der Waals surface area (Å²) >= 11 is 0. The first-order valence-corrected chi connectivity index (χ1v) is 4.12. The number of hydrogen-bond acceptors (Lipinski definition) is 4. The number of aromatic nitrogens is 2. The zero-order chi connectivity index (χ0) is 9.26. The third-order valence-electron chi connectivity index (χ3n) is 2.09. The van der Waals surface area contributed by atoms with Crippen molar-refractivity contribution < 1.29 is 4.79 Å². The average Bonchev–Trinajstić information content (AvgIpc) is 2.53. The number of nitrogen functional groups attached to an aromatic ring is 1. The Bertz CT molecular complexity index is 321. The quantitative estimate of drug-likeness (QED) is 0.634. The van der Waals surface area contributed by atoms with Crippen molar-refractivity contribution in [1.29, 1.82) is 0 Å². The van der Waals surface area contributed by atoms with Gasteiger partial charge in [-0.25, -0.2) is 9.97 Å². The van der Waals surface area contributed by atoms with E-state index in [1.165, 1.54) is 0 Å². The number of hydrogen-bond donors (Lipinski definition) is 2. The van der Waals surface area contributed by atoms with Gasteiger partial charge in [0.1, 0.15) is 0 Å². The van der Waals surface area contributed by atoms with E-state index >= 15 is 0 Å². The van der Waals surface area contributed by atoms with Gasteiger partial charge in [0.15, 0.2) is 0 Å². The maximum Gasteiger partial charge on any atom is 0.220 e. The van der Waals surface area contributed by atoms with E-state index in [9.17, 15) is 4.79 Å². The van der Waals surface area contributed by atoms with Gasteiger partial charge in [-0.1, -0.05) is 0 Å². The molecule has 2 heterocycles. The SMILES string of the molecule is Nc1ncc(C2CCC(=O)N2)cn1. The van der Waals surface area contributed by atoms with Gasteiger partial charge in [0.05, 0.1) is 6.04 Å². The smallest absolute Gasteiger partial charge is 0.220 e. The largest absolute Gasteiger partial charge is 0.368 e. The predicted molar refractivity (Wildman–Crippen MR) is 46.6 cm³/mol.